The lowest BCUT2D eigenvalue weighted by Crippen LogP contribution is -2.57. The number of hydrogen-bond acceptors (Lipinski definition) is 18. The smallest absolute Gasteiger partial charge is 0.322 e. The summed E-state index contributed by atoms with van der Waals surface area (Å²) in [4.78, 5) is 52.8. The van der Waals surface area contributed by atoms with E-state index in [-0.39, 0.29) is 22.4 Å². The van der Waals surface area contributed by atoms with Crippen molar-refractivity contribution in [2.45, 2.75) is 81.4 Å². The van der Waals surface area contributed by atoms with Crippen LogP contribution < -0.4 is 10.1 Å². The predicted octanol–water partition coefficient (Wildman–Crippen LogP) is -1.88. The van der Waals surface area contributed by atoms with Crippen molar-refractivity contribution in [3.05, 3.63) is 68.8 Å². The second-order valence-corrected chi connectivity index (χ2v) is 14.1. The van der Waals surface area contributed by atoms with Crippen molar-refractivity contribution in [2.24, 2.45) is 0 Å². The first-order valence-electron chi connectivity index (χ1n) is 17.4. The second-order valence-electron chi connectivity index (χ2n) is 14.1. The average molecular weight is 800 g/mol. The van der Waals surface area contributed by atoms with Gasteiger partial charge in [0.2, 0.25) is 6.29 Å². The fourth-order valence-electron chi connectivity index (χ4n) is 7.56. The van der Waals surface area contributed by atoms with Gasteiger partial charge in [0, 0.05) is 28.3 Å². The molecule has 2 fully saturated rings. The van der Waals surface area contributed by atoms with Crippen LogP contribution in [0.5, 0.6) is 23.0 Å². The maximum Gasteiger partial charge on any atom is 0.322 e. The Morgan fingerprint density at radius 3 is 2.09 bits per heavy atom. The molecule has 20 heteroatoms. The van der Waals surface area contributed by atoms with E-state index in [2.05, 4.69) is 5.32 Å². The number of hydrogen-bond donors (Lipinski definition) is 12. The van der Waals surface area contributed by atoms with E-state index in [1.54, 1.807) is 0 Å². The predicted molar refractivity (Wildman–Crippen MR) is 184 cm³/mol. The molecule has 57 heavy (non-hydrogen) atoms. The highest BCUT2D eigenvalue weighted by molar-refractivity contribution is 6.31. The number of fused-ring (bicyclic) bond motifs is 5. The minimum atomic E-state index is -1.92. The number of aryl methyl sites for hydroxylation is 1. The maximum absolute atomic E-state index is 14.2. The van der Waals surface area contributed by atoms with Crippen molar-refractivity contribution in [1.82, 2.24) is 5.32 Å². The molecule has 3 aromatic rings. The van der Waals surface area contributed by atoms with Crippen LogP contribution in [0.15, 0.2) is 24.3 Å². The molecule has 2 heterocycles. The molecule has 12 N–H and O–H groups in total. The number of aliphatic carboxylic acids is 1. The summed E-state index contributed by atoms with van der Waals surface area (Å²) in [5.41, 5.74) is -4.21. The van der Waals surface area contributed by atoms with E-state index >= 15 is 0 Å². The van der Waals surface area contributed by atoms with Crippen molar-refractivity contribution in [3.8, 4) is 34.1 Å². The quantitative estimate of drug-likeness (QED) is 0.0973. The zero-order chi connectivity index (χ0) is 41.5. The molecule has 0 bridgehead atoms. The molecular formula is C37H37NO19. The molecular weight excluding hydrogens is 762 g/mol. The number of carboxylic acids is 1. The third kappa shape index (κ3) is 6.45. The van der Waals surface area contributed by atoms with E-state index < -0.39 is 160 Å². The van der Waals surface area contributed by atoms with Crippen molar-refractivity contribution in [3.63, 3.8) is 0 Å². The van der Waals surface area contributed by atoms with E-state index in [9.17, 15) is 70.2 Å². The van der Waals surface area contributed by atoms with Crippen LogP contribution in [0, 0.1) is 6.92 Å². The largest absolute Gasteiger partial charge is 0.507 e. The number of rotatable bonds is 7. The topological polar surface area (TPSA) is 340 Å². The molecule has 20 nitrogen and oxygen atoms in total. The highest BCUT2D eigenvalue weighted by Crippen LogP contribution is 2.57. The Bertz CT molecular complexity index is 2210. The highest BCUT2D eigenvalue weighted by atomic mass is 16.7. The van der Waals surface area contributed by atoms with Crippen LogP contribution in [0.25, 0.3) is 11.1 Å². The number of nitrogens with one attached hydrogen (secondary N) is 1. The number of phenolic OH excluding ortho intramolecular Hbond substituents is 3. The molecule has 7 rings (SSSR count). The molecule has 0 unspecified atom stereocenters. The Kier molecular flexibility index (Phi) is 10.2. The summed E-state index contributed by atoms with van der Waals surface area (Å²) in [6.45, 7) is 1.41. The van der Waals surface area contributed by atoms with Gasteiger partial charge in [0.1, 0.15) is 78.4 Å². The van der Waals surface area contributed by atoms with Crippen LogP contribution in [0.1, 0.15) is 78.0 Å². The minimum Gasteiger partial charge on any atom is -0.507 e. The van der Waals surface area contributed by atoms with E-state index in [1.165, 1.54) is 19.9 Å². The number of aliphatic hydroxyl groups is 7. The van der Waals surface area contributed by atoms with Gasteiger partial charge in [-0.25, -0.2) is 0 Å². The number of ketones is 2. The lowest BCUT2D eigenvalue weighted by atomic mass is 9.74. The zero-order valence-corrected chi connectivity index (χ0v) is 29.8. The van der Waals surface area contributed by atoms with Gasteiger partial charge in [0.05, 0.1) is 29.4 Å². The number of carbonyl (C=O) groups is 4. The number of amides is 1. The molecule has 3 aromatic carbocycles. The normalized spacial score (nSPS) is 30.4. The lowest BCUT2D eigenvalue weighted by molar-refractivity contribution is -0.312. The SMILES string of the molecule is Cc1cc2c(c(O)c1C(=O)NCC(=O)O)-c1c(cc3c(c1O)C(=O)c1cc(O[C@@H]4OC[C@H](O)[C@H](O)[C@@H]4O)cc(O)c1C3=O)[C@H](O)[C@@H]2O[C@@H]1O[C@@H](C)[C@H](O)[C@H](O)[C@@H]1O. The monoisotopic (exact) mass is 799 g/mol. The zero-order valence-electron chi connectivity index (χ0n) is 29.8. The summed E-state index contributed by atoms with van der Waals surface area (Å²) in [5.74, 6) is -7.63. The molecule has 0 saturated carbocycles. The summed E-state index contributed by atoms with van der Waals surface area (Å²) in [5, 5.41) is 120. The summed E-state index contributed by atoms with van der Waals surface area (Å²) in [7, 11) is 0. The fourth-order valence-corrected chi connectivity index (χ4v) is 7.56. The van der Waals surface area contributed by atoms with E-state index in [0.717, 1.165) is 18.2 Å². The standard InChI is InChI=1S/C37H37NO19/c1-9-3-15-22(29(48)19(9)35(53)38-7-18(41)42)21-13(27(46)34(15)57-37-33(52)31(50)24(43)10(2)55-37)6-14-23(30(21)49)26(45)12-4-11(5-16(39)20(12)25(14)44)56-36-32(51)28(47)17(40)8-54-36/h3-6,10,17,24,27-28,31-34,36-37,39-40,43,46-52H,7-8H2,1-2H3,(H,38,53)(H,41,42)/t10-,17-,24-,27-,28-,31-,32-,33-,34+,36-,37-/m0/s1. The van der Waals surface area contributed by atoms with Gasteiger partial charge in [-0.05, 0) is 42.7 Å². The average Bonchev–Trinajstić information content (AvgIpc) is 3.15. The Morgan fingerprint density at radius 1 is 0.772 bits per heavy atom. The number of phenols is 3. The number of carbonyl (C=O) groups excluding carboxylic acids is 3. The van der Waals surface area contributed by atoms with Gasteiger partial charge in [-0.2, -0.15) is 0 Å². The molecule has 4 aliphatic rings. The summed E-state index contributed by atoms with van der Waals surface area (Å²) in [6, 6.07) is 4.13. The fraction of sp³-hybridized carbons (Fsp3) is 0.405. The third-order valence-electron chi connectivity index (χ3n) is 10.5. The Hall–Kier alpha value is -5.26. The Balaban J connectivity index is 1.37. The molecule has 0 aromatic heterocycles. The van der Waals surface area contributed by atoms with Gasteiger partial charge < -0.3 is 80.4 Å². The first-order chi connectivity index (χ1) is 26.8. The molecule has 2 saturated heterocycles. The number of carboxylic acid groups (broad SMARTS) is 1. The molecule has 0 radical (unpaired) electrons. The Morgan fingerprint density at radius 2 is 1.40 bits per heavy atom. The Labute approximate surface area is 320 Å². The van der Waals surface area contributed by atoms with Gasteiger partial charge in [-0.1, -0.05) is 6.07 Å². The number of ether oxygens (including phenoxy) is 4. The van der Waals surface area contributed by atoms with Gasteiger partial charge in [-0.3, -0.25) is 19.2 Å². The van der Waals surface area contributed by atoms with Crippen LogP contribution in [0.3, 0.4) is 0 Å². The van der Waals surface area contributed by atoms with Crippen LogP contribution in [-0.4, -0.2) is 148 Å². The van der Waals surface area contributed by atoms with Crippen molar-refractivity contribution in [1.29, 1.82) is 0 Å². The second kappa shape index (κ2) is 14.6. The van der Waals surface area contributed by atoms with Crippen molar-refractivity contribution >= 4 is 23.4 Å². The lowest BCUT2D eigenvalue weighted by Gasteiger charge is -2.42. The van der Waals surface area contributed by atoms with Crippen molar-refractivity contribution < 1.29 is 94.3 Å². The molecule has 2 aliphatic carbocycles. The number of benzene rings is 3. The van der Waals surface area contributed by atoms with Crippen LogP contribution in [-0.2, 0) is 19.0 Å². The van der Waals surface area contributed by atoms with Crippen LogP contribution in [0.4, 0.5) is 0 Å². The third-order valence-corrected chi connectivity index (χ3v) is 10.5. The number of aliphatic hydroxyl groups excluding tert-OH is 7. The molecule has 2 aliphatic heterocycles. The molecule has 304 valence electrons. The van der Waals surface area contributed by atoms with Gasteiger partial charge in [0.15, 0.2) is 17.9 Å². The summed E-state index contributed by atoms with van der Waals surface area (Å²) in [6.07, 6.45) is -18.1. The highest BCUT2D eigenvalue weighted by Gasteiger charge is 2.48. The van der Waals surface area contributed by atoms with E-state index in [4.69, 9.17) is 24.1 Å². The van der Waals surface area contributed by atoms with Crippen LogP contribution in [0.2, 0.25) is 0 Å². The van der Waals surface area contributed by atoms with Gasteiger partial charge in [-0.15, -0.1) is 0 Å². The van der Waals surface area contributed by atoms with Crippen molar-refractivity contribution in [2.75, 3.05) is 13.2 Å². The first kappa shape index (κ1) is 40.0. The van der Waals surface area contributed by atoms with E-state index in [1.807, 2.05) is 0 Å². The summed E-state index contributed by atoms with van der Waals surface area (Å²) >= 11 is 0. The molecule has 0 spiro atoms. The van der Waals surface area contributed by atoms with Gasteiger partial charge >= 0.3 is 5.97 Å². The van der Waals surface area contributed by atoms with Gasteiger partial charge in [0.25, 0.3) is 5.91 Å². The van der Waals surface area contributed by atoms with Crippen LogP contribution >= 0.6 is 0 Å². The first-order valence-corrected chi connectivity index (χ1v) is 17.4. The molecule has 11 atom stereocenters. The molecule has 1 amide bonds. The maximum atomic E-state index is 14.2. The summed E-state index contributed by atoms with van der Waals surface area (Å²) < 4.78 is 22.3. The number of aromatic hydroxyl groups is 3. The minimum absolute atomic E-state index is 0.00190. The van der Waals surface area contributed by atoms with E-state index in [0.29, 0.717) is 0 Å².